The minimum absolute atomic E-state index is 0. The number of unbranched alkanes of at least 4 members (excludes halogenated alkanes) is 9. The molecule has 4 aromatic carbocycles. The molecule has 0 saturated heterocycles. The number of nitro groups is 2. The van der Waals surface area contributed by atoms with Crippen LogP contribution in [-0.4, -0.2) is 91.0 Å². The molecule has 0 aromatic heterocycles. The van der Waals surface area contributed by atoms with Gasteiger partial charge < -0.3 is 20.4 Å². The normalized spacial score (nSPS) is 13.5. The van der Waals surface area contributed by atoms with E-state index >= 15 is 0 Å². The van der Waals surface area contributed by atoms with Gasteiger partial charge in [0, 0.05) is 53.7 Å². The van der Waals surface area contributed by atoms with E-state index in [2.05, 4.69) is 32.9 Å². The zero-order chi connectivity index (χ0) is 47.0. The zero-order valence-corrected chi connectivity index (χ0v) is 38.2. The van der Waals surface area contributed by atoms with E-state index in [9.17, 15) is 40.0 Å². The van der Waals surface area contributed by atoms with Crippen molar-refractivity contribution in [3.63, 3.8) is 0 Å². The molecule has 66 heavy (non-hydrogen) atoms. The van der Waals surface area contributed by atoms with E-state index in [4.69, 9.17) is 10.2 Å². The molecule has 4 aromatic rings. The third kappa shape index (κ3) is 17.1. The van der Waals surface area contributed by atoms with Gasteiger partial charge in [0.2, 0.25) is 11.6 Å². The molecule has 6 rings (SSSR count). The minimum Gasteiger partial charge on any atom is -0.505 e. The predicted octanol–water partition coefficient (Wildman–Crippen LogP) is 8.73. The molecule has 2 aliphatic carbocycles. The molecule has 0 saturated carbocycles. The molecule has 0 bridgehead atoms. The molecule has 17 nitrogen and oxygen atoms in total. The Balaban J connectivity index is 0.000000343. The van der Waals surface area contributed by atoms with Crippen molar-refractivity contribution in [3.05, 3.63) is 140 Å². The number of nitrogens with one attached hydrogen (secondary N) is 2. The average molecular weight is 945 g/mol. The molecular formula is C48H58CrN7O10+. The number of carbonyl (C=O) groups excluding carboxylic acids is 2. The van der Waals surface area contributed by atoms with Crippen molar-refractivity contribution in [2.45, 2.75) is 71.1 Å². The first-order valence-electron chi connectivity index (χ1n) is 21.7. The number of hydrogen-bond acceptors (Lipinski definition) is 15. The van der Waals surface area contributed by atoms with Gasteiger partial charge >= 0.3 is 1.43 Å². The summed E-state index contributed by atoms with van der Waals surface area (Å²) in [6.07, 6.45) is 19.8. The first-order chi connectivity index (χ1) is 31.5. The Labute approximate surface area is 396 Å². The number of non-ortho nitro benzene ring substituents is 2. The van der Waals surface area contributed by atoms with Crippen molar-refractivity contribution in [1.29, 1.82) is 0 Å². The largest absolute Gasteiger partial charge is 1.00 e. The minimum atomic E-state index is -0.610. The number of hydrazone groups is 2. The maximum Gasteiger partial charge on any atom is 1.00 e. The second-order valence-electron chi connectivity index (χ2n) is 15.1. The SMILES string of the molecule is CCCCCCCCCCCCN(CCO)CCO.O=C1C=Cc2ccccc2/C1=N/Nc1ccc([N+](=O)[O-])cc1O.O=C1C=Cc2ccccc2/C1=N/Nc1ccc([N+](=O)[O-])cc1O.[Cr].[H+]. The molecule has 0 fully saturated rings. The van der Waals surface area contributed by atoms with Crippen molar-refractivity contribution in [3.8, 4) is 11.5 Å². The van der Waals surface area contributed by atoms with Crippen molar-refractivity contribution < 1.29 is 58.6 Å². The maximum absolute atomic E-state index is 12.0. The predicted molar refractivity (Wildman–Crippen MR) is 254 cm³/mol. The summed E-state index contributed by atoms with van der Waals surface area (Å²) in [6.45, 7) is 5.04. The zero-order valence-electron chi connectivity index (χ0n) is 37.9. The number of nitro benzene ring substituents is 2. The second-order valence-corrected chi connectivity index (χ2v) is 15.1. The van der Waals surface area contributed by atoms with Gasteiger partial charge in [0.15, 0.2) is 0 Å². The van der Waals surface area contributed by atoms with Crippen LogP contribution in [-0.2, 0) is 27.0 Å². The molecule has 0 aliphatic heterocycles. The Morgan fingerprint density at radius 2 is 0.970 bits per heavy atom. The number of carbonyl (C=O) groups is 2. The molecule has 0 unspecified atom stereocenters. The van der Waals surface area contributed by atoms with E-state index in [1.54, 1.807) is 36.4 Å². The average Bonchev–Trinajstić information content (AvgIpc) is 3.30. The molecule has 0 heterocycles. The number of ketones is 2. The molecular weight excluding hydrogens is 887 g/mol. The number of hydrogen-bond donors (Lipinski definition) is 6. The summed E-state index contributed by atoms with van der Waals surface area (Å²) in [5.41, 5.74) is 8.52. The van der Waals surface area contributed by atoms with Crippen molar-refractivity contribution in [2.24, 2.45) is 10.2 Å². The smallest absolute Gasteiger partial charge is 0.505 e. The summed E-state index contributed by atoms with van der Waals surface area (Å²) in [6, 6.07) is 21.7. The van der Waals surface area contributed by atoms with E-state index in [0.29, 0.717) is 24.2 Å². The number of phenolic OH excluding ortho intramolecular Hbond substituents is 2. The molecule has 350 valence electrons. The van der Waals surface area contributed by atoms with Crippen LogP contribution in [0.1, 0.15) is 94.8 Å². The number of allylic oxidation sites excluding steroid dienone is 2. The van der Waals surface area contributed by atoms with Crippen LogP contribution in [0.3, 0.4) is 0 Å². The Bertz CT molecular complexity index is 2230. The topological polar surface area (TPSA) is 253 Å². The van der Waals surface area contributed by atoms with Gasteiger partial charge in [-0.3, -0.25) is 45.6 Å². The van der Waals surface area contributed by atoms with Crippen LogP contribution >= 0.6 is 0 Å². The molecule has 0 atom stereocenters. The third-order valence-corrected chi connectivity index (χ3v) is 10.3. The van der Waals surface area contributed by atoms with Gasteiger partial charge in [-0.1, -0.05) is 125 Å². The summed E-state index contributed by atoms with van der Waals surface area (Å²) in [7, 11) is 0. The van der Waals surface area contributed by atoms with E-state index in [-0.39, 0.29) is 89.2 Å². The van der Waals surface area contributed by atoms with E-state index < -0.39 is 9.85 Å². The van der Waals surface area contributed by atoms with E-state index in [1.807, 2.05) is 24.3 Å². The van der Waals surface area contributed by atoms with Gasteiger partial charge in [0.05, 0.1) is 46.6 Å². The summed E-state index contributed by atoms with van der Waals surface area (Å²) >= 11 is 0. The van der Waals surface area contributed by atoms with Crippen LogP contribution < -0.4 is 10.9 Å². The van der Waals surface area contributed by atoms with Crippen LogP contribution in [0.5, 0.6) is 11.5 Å². The number of fused-ring (bicyclic) bond motifs is 2. The number of rotatable bonds is 21. The maximum atomic E-state index is 12.0. The summed E-state index contributed by atoms with van der Waals surface area (Å²) < 4.78 is 0. The van der Waals surface area contributed by atoms with Crippen LogP contribution in [0, 0.1) is 20.2 Å². The Morgan fingerprint density at radius 1 is 0.576 bits per heavy atom. The molecule has 0 amide bonds. The second kappa shape index (κ2) is 29.1. The number of aliphatic hydroxyl groups is 2. The first-order valence-corrected chi connectivity index (χ1v) is 21.7. The Kier molecular flexibility index (Phi) is 23.7. The van der Waals surface area contributed by atoms with E-state index in [0.717, 1.165) is 29.8 Å². The number of phenols is 2. The monoisotopic (exact) mass is 944 g/mol. The summed E-state index contributed by atoms with van der Waals surface area (Å²) in [4.78, 5) is 46.2. The fraction of sp³-hybridized carbons (Fsp3) is 0.333. The van der Waals surface area contributed by atoms with E-state index in [1.165, 1.54) is 101 Å². The molecule has 18 heteroatoms. The Hall–Kier alpha value is -6.55. The van der Waals surface area contributed by atoms with Crippen molar-refractivity contribution >= 4 is 57.9 Å². The number of anilines is 2. The quantitative estimate of drug-likeness (QED) is 0.0198. The van der Waals surface area contributed by atoms with Crippen molar-refractivity contribution in [2.75, 3.05) is 43.7 Å². The molecule has 2 aliphatic rings. The first kappa shape index (κ1) is 53.8. The number of aromatic hydroxyl groups is 2. The number of nitrogens with zero attached hydrogens (tertiary/aromatic N) is 5. The van der Waals surface area contributed by atoms with Gasteiger partial charge in [0.1, 0.15) is 22.9 Å². The van der Waals surface area contributed by atoms with Crippen LogP contribution in [0.15, 0.2) is 107 Å². The fourth-order valence-electron chi connectivity index (χ4n) is 6.83. The van der Waals surface area contributed by atoms with Gasteiger partial charge in [-0.25, -0.2) is 0 Å². The number of benzene rings is 4. The Morgan fingerprint density at radius 3 is 1.35 bits per heavy atom. The van der Waals surface area contributed by atoms with Crippen LogP contribution in [0.25, 0.3) is 12.2 Å². The van der Waals surface area contributed by atoms with Crippen molar-refractivity contribution in [1.82, 2.24) is 4.90 Å². The molecule has 6 N–H and O–H groups in total. The molecule has 0 spiro atoms. The molecule has 0 radical (unpaired) electrons. The third-order valence-electron chi connectivity index (χ3n) is 10.3. The number of aliphatic hydroxyl groups excluding tert-OH is 2. The fourth-order valence-corrected chi connectivity index (χ4v) is 6.83. The van der Waals surface area contributed by atoms with Gasteiger partial charge in [0.25, 0.3) is 11.4 Å². The standard InChI is InChI=1S/2C16H11N3O4.C16H35NO2.Cr/c2*20-14-8-5-10-3-1-2-4-12(10)16(14)18-17-13-7-6-11(19(22)23)9-15(13)21;1-2-3-4-5-6-7-8-9-10-11-12-17(13-15-18)14-16-19;/h2*1-9,17,21H;18-19H,2-16H2,1H3;/p+1/b2*18-16-;;. The summed E-state index contributed by atoms with van der Waals surface area (Å²) in [5.74, 6) is -1.18. The van der Waals surface area contributed by atoms with Crippen LogP contribution in [0.2, 0.25) is 0 Å². The summed E-state index contributed by atoms with van der Waals surface area (Å²) in [5, 5.41) is 66.8. The van der Waals surface area contributed by atoms with Gasteiger partial charge in [-0.05, 0) is 48.4 Å². The van der Waals surface area contributed by atoms with Gasteiger partial charge in [-0.15, -0.1) is 0 Å². The van der Waals surface area contributed by atoms with Crippen LogP contribution in [0.4, 0.5) is 22.7 Å². The van der Waals surface area contributed by atoms with Gasteiger partial charge in [-0.2, -0.15) is 10.2 Å².